The van der Waals surface area contributed by atoms with E-state index in [1.54, 1.807) is 12.4 Å². The number of phenolic OH excluding ortho intramolecular Hbond substituents is 2. The van der Waals surface area contributed by atoms with Gasteiger partial charge in [0.15, 0.2) is 0 Å². The first-order valence-corrected chi connectivity index (χ1v) is 9.76. The molecule has 2 N–H and O–H groups in total. The summed E-state index contributed by atoms with van der Waals surface area (Å²) in [6.07, 6.45) is 3.54. The first-order chi connectivity index (χ1) is 15.2. The second kappa shape index (κ2) is 9.49. The van der Waals surface area contributed by atoms with E-state index in [0.29, 0.717) is 18.8 Å². The fourth-order valence-corrected chi connectivity index (χ4v) is 3.12. The minimum absolute atomic E-state index is 0.0336. The van der Waals surface area contributed by atoms with E-state index in [9.17, 15) is 10.2 Å². The van der Waals surface area contributed by atoms with Crippen LogP contribution in [0.4, 0.5) is 17.1 Å². The molecule has 0 aliphatic carbocycles. The van der Waals surface area contributed by atoms with Gasteiger partial charge in [-0.15, -0.1) is 10.2 Å². The summed E-state index contributed by atoms with van der Waals surface area (Å²) in [5, 5.41) is 28.0. The fraction of sp³-hybridized carbons (Fsp3) is 0.0833. The van der Waals surface area contributed by atoms with Crippen molar-refractivity contribution < 1.29 is 10.2 Å². The second-order valence-corrected chi connectivity index (χ2v) is 6.86. The largest absolute Gasteiger partial charge is 0.508 e. The molecular weight excluding hydrogens is 390 g/mol. The van der Waals surface area contributed by atoms with Crippen molar-refractivity contribution in [2.75, 3.05) is 4.90 Å². The summed E-state index contributed by atoms with van der Waals surface area (Å²) < 4.78 is 0. The Labute approximate surface area is 180 Å². The Balaban J connectivity index is 1.68. The molecule has 0 spiro atoms. The van der Waals surface area contributed by atoms with Gasteiger partial charge >= 0.3 is 0 Å². The van der Waals surface area contributed by atoms with Crippen LogP contribution >= 0.6 is 0 Å². The average molecular weight is 411 g/mol. The summed E-state index contributed by atoms with van der Waals surface area (Å²) in [5.74, 6) is -0.172. The highest BCUT2D eigenvalue weighted by Gasteiger charge is 2.14. The quantitative estimate of drug-likeness (QED) is 0.391. The van der Waals surface area contributed by atoms with Crippen LogP contribution in [0.3, 0.4) is 0 Å². The SMILES string of the molecule is Oc1ccc(N=Nc2ccccc2N(Cc2ccccn2)Cc2ccccn2)c(O)c1. The number of aromatic hydroxyl groups is 2. The summed E-state index contributed by atoms with van der Waals surface area (Å²) >= 11 is 0. The molecule has 0 atom stereocenters. The van der Waals surface area contributed by atoms with Crippen molar-refractivity contribution in [3.8, 4) is 11.5 Å². The molecule has 4 aromatic rings. The minimum Gasteiger partial charge on any atom is -0.508 e. The zero-order valence-electron chi connectivity index (χ0n) is 16.7. The van der Waals surface area contributed by atoms with Gasteiger partial charge < -0.3 is 15.1 Å². The molecule has 0 unspecified atom stereocenters. The Kier molecular flexibility index (Phi) is 6.13. The van der Waals surface area contributed by atoms with Crippen molar-refractivity contribution in [2.24, 2.45) is 10.2 Å². The number of rotatable bonds is 7. The van der Waals surface area contributed by atoms with Gasteiger partial charge in [-0.1, -0.05) is 24.3 Å². The number of nitrogens with zero attached hydrogens (tertiary/aromatic N) is 5. The summed E-state index contributed by atoms with van der Waals surface area (Å²) in [6.45, 7) is 1.13. The van der Waals surface area contributed by atoms with Crippen molar-refractivity contribution in [3.05, 3.63) is 103 Å². The van der Waals surface area contributed by atoms with Crippen LogP contribution in [-0.2, 0) is 13.1 Å². The molecule has 0 fully saturated rings. The van der Waals surface area contributed by atoms with Gasteiger partial charge in [-0.2, -0.15) is 0 Å². The molecule has 0 amide bonds. The number of aromatic nitrogens is 2. The standard InChI is InChI=1S/C24H21N5O2/c30-20-11-12-22(24(31)15-20)28-27-21-9-1-2-10-23(21)29(16-18-7-3-5-13-25-18)17-19-8-4-6-14-26-19/h1-15,30-31H,16-17H2. The van der Waals surface area contributed by atoms with Crippen LogP contribution in [-0.4, -0.2) is 20.2 Å². The number of pyridine rings is 2. The fourth-order valence-electron chi connectivity index (χ4n) is 3.12. The molecule has 2 aromatic heterocycles. The maximum Gasteiger partial charge on any atom is 0.146 e. The lowest BCUT2D eigenvalue weighted by Crippen LogP contribution is -2.23. The molecule has 2 heterocycles. The number of azo groups is 1. The lowest BCUT2D eigenvalue weighted by molar-refractivity contribution is 0.451. The molecule has 0 aliphatic rings. The average Bonchev–Trinajstić information content (AvgIpc) is 2.80. The van der Waals surface area contributed by atoms with Gasteiger partial charge in [0.05, 0.1) is 30.2 Å². The number of para-hydroxylation sites is 1. The zero-order chi connectivity index (χ0) is 21.5. The predicted molar refractivity (Wildman–Crippen MR) is 119 cm³/mol. The lowest BCUT2D eigenvalue weighted by atomic mass is 10.2. The van der Waals surface area contributed by atoms with Crippen LogP contribution in [0.1, 0.15) is 11.4 Å². The maximum atomic E-state index is 10.00. The highest BCUT2D eigenvalue weighted by atomic mass is 16.3. The van der Waals surface area contributed by atoms with Crippen molar-refractivity contribution >= 4 is 17.1 Å². The normalized spacial score (nSPS) is 11.0. The number of anilines is 1. The van der Waals surface area contributed by atoms with Gasteiger partial charge in [0.2, 0.25) is 0 Å². The summed E-state index contributed by atoms with van der Waals surface area (Å²) in [4.78, 5) is 11.0. The molecule has 0 aliphatic heterocycles. The Morgan fingerprint density at radius 3 is 1.90 bits per heavy atom. The third-order valence-electron chi connectivity index (χ3n) is 4.60. The van der Waals surface area contributed by atoms with Crippen LogP contribution in [0.15, 0.2) is 101 Å². The highest BCUT2D eigenvalue weighted by molar-refractivity contribution is 5.67. The predicted octanol–water partition coefficient (Wildman–Crippen LogP) is 5.51. The molecule has 0 saturated carbocycles. The molecular formula is C24H21N5O2. The highest BCUT2D eigenvalue weighted by Crippen LogP contribution is 2.35. The number of hydrogen-bond acceptors (Lipinski definition) is 7. The molecule has 4 rings (SSSR count). The van der Waals surface area contributed by atoms with E-state index >= 15 is 0 Å². The molecule has 0 radical (unpaired) electrons. The van der Waals surface area contributed by atoms with Crippen LogP contribution in [0.25, 0.3) is 0 Å². The monoisotopic (exact) mass is 411 g/mol. The van der Waals surface area contributed by atoms with E-state index in [1.165, 1.54) is 18.2 Å². The first-order valence-electron chi connectivity index (χ1n) is 9.76. The Morgan fingerprint density at radius 2 is 1.29 bits per heavy atom. The van der Waals surface area contributed by atoms with Gasteiger partial charge in [0.1, 0.15) is 22.9 Å². The number of benzene rings is 2. The van der Waals surface area contributed by atoms with Crippen molar-refractivity contribution in [1.29, 1.82) is 0 Å². The molecule has 31 heavy (non-hydrogen) atoms. The molecule has 7 heteroatoms. The molecule has 0 bridgehead atoms. The molecule has 7 nitrogen and oxygen atoms in total. The van der Waals surface area contributed by atoms with E-state index < -0.39 is 0 Å². The second-order valence-electron chi connectivity index (χ2n) is 6.86. The molecule has 2 aromatic carbocycles. The van der Waals surface area contributed by atoms with Crippen LogP contribution in [0, 0.1) is 0 Å². The van der Waals surface area contributed by atoms with E-state index in [2.05, 4.69) is 25.1 Å². The van der Waals surface area contributed by atoms with E-state index in [1.807, 2.05) is 60.7 Å². The van der Waals surface area contributed by atoms with Crippen LogP contribution < -0.4 is 4.90 Å². The van der Waals surface area contributed by atoms with E-state index in [4.69, 9.17) is 0 Å². The van der Waals surface area contributed by atoms with Crippen molar-refractivity contribution in [3.63, 3.8) is 0 Å². The summed E-state index contributed by atoms with van der Waals surface area (Å²) in [5.41, 5.74) is 3.61. The lowest BCUT2D eigenvalue weighted by Gasteiger charge is -2.25. The van der Waals surface area contributed by atoms with E-state index in [0.717, 1.165) is 17.1 Å². The molecule has 154 valence electrons. The summed E-state index contributed by atoms with van der Waals surface area (Å²) in [7, 11) is 0. The third-order valence-corrected chi connectivity index (χ3v) is 4.60. The number of phenols is 2. The third kappa shape index (κ3) is 5.22. The Morgan fingerprint density at radius 1 is 0.677 bits per heavy atom. The van der Waals surface area contributed by atoms with Crippen molar-refractivity contribution in [2.45, 2.75) is 13.1 Å². The van der Waals surface area contributed by atoms with E-state index in [-0.39, 0.29) is 17.2 Å². The number of hydrogen-bond donors (Lipinski definition) is 2. The van der Waals surface area contributed by atoms with Gasteiger partial charge in [-0.05, 0) is 48.5 Å². The topological polar surface area (TPSA) is 94.2 Å². The first kappa shape index (κ1) is 20.0. The smallest absolute Gasteiger partial charge is 0.146 e. The molecule has 0 saturated heterocycles. The Bertz CT molecular complexity index is 1130. The van der Waals surface area contributed by atoms with Crippen LogP contribution in [0.2, 0.25) is 0 Å². The van der Waals surface area contributed by atoms with Gasteiger partial charge in [-0.25, -0.2) is 0 Å². The van der Waals surface area contributed by atoms with Gasteiger partial charge in [0, 0.05) is 18.5 Å². The zero-order valence-corrected chi connectivity index (χ0v) is 16.7. The van der Waals surface area contributed by atoms with Crippen LogP contribution in [0.5, 0.6) is 11.5 Å². The van der Waals surface area contributed by atoms with Crippen molar-refractivity contribution in [1.82, 2.24) is 9.97 Å². The van der Waals surface area contributed by atoms with Gasteiger partial charge in [0.25, 0.3) is 0 Å². The van der Waals surface area contributed by atoms with Gasteiger partial charge in [-0.3, -0.25) is 9.97 Å². The maximum absolute atomic E-state index is 10.00. The summed E-state index contributed by atoms with van der Waals surface area (Å²) in [6, 6.07) is 23.5. The minimum atomic E-state index is -0.139. The Hall–Kier alpha value is -4.26.